The summed E-state index contributed by atoms with van der Waals surface area (Å²) >= 11 is 5.82. The van der Waals surface area contributed by atoms with Gasteiger partial charge in [0.1, 0.15) is 5.82 Å². The van der Waals surface area contributed by atoms with Gasteiger partial charge >= 0.3 is 0 Å². The van der Waals surface area contributed by atoms with Gasteiger partial charge in [-0.2, -0.15) is 0 Å². The summed E-state index contributed by atoms with van der Waals surface area (Å²) in [5.74, 6) is 0.154. The molecule has 1 atom stereocenters. The highest BCUT2D eigenvalue weighted by Crippen LogP contribution is 2.23. The molecule has 0 amide bonds. The summed E-state index contributed by atoms with van der Waals surface area (Å²) in [6, 6.07) is 7.36. The van der Waals surface area contributed by atoms with E-state index >= 15 is 0 Å². The minimum atomic E-state index is -0.374. The molecule has 1 heterocycles. The van der Waals surface area contributed by atoms with Gasteiger partial charge in [0.25, 0.3) is 0 Å². The number of nitrogens with one attached hydrogen (secondary N) is 1. The molecule has 4 heteroatoms. The first-order valence-corrected chi connectivity index (χ1v) is 7.72. The smallest absolute Gasteiger partial charge is 0.141 e. The number of hydrogen-bond acceptors (Lipinski definition) is 1. The van der Waals surface area contributed by atoms with Crippen LogP contribution in [0.25, 0.3) is 0 Å². The summed E-state index contributed by atoms with van der Waals surface area (Å²) < 4.78 is 15.3. The highest BCUT2D eigenvalue weighted by Gasteiger charge is 2.15. The van der Waals surface area contributed by atoms with Crippen LogP contribution in [0.4, 0.5) is 4.39 Å². The Morgan fingerprint density at radius 3 is 2.67 bits per heavy atom. The van der Waals surface area contributed by atoms with E-state index in [2.05, 4.69) is 49.1 Å². The van der Waals surface area contributed by atoms with Gasteiger partial charge in [-0.3, -0.25) is 0 Å². The minimum Gasteiger partial charge on any atom is -0.350 e. The fourth-order valence-corrected chi connectivity index (χ4v) is 2.75. The van der Waals surface area contributed by atoms with Gasteiger partial charge in [0, 0.05) is 25.0 Å². The van der Waals surface area contributed by atoms with E-state index in [1.807, 2.05) is 0 Å². The molecular formula is C17H22ClFN2. The molecule has 1 N–H and O–H groups in total. The monoisotopic (exact) mass is 308 g/mol. The quantitative estimate of drug-likeness (QED) is 0.823. The van der Waals surface area contributed by atoms with E-state index in [0.717, 1.165) is 12.1 Å². The van der Waals surface area contributed by atoms with E-state index in [0.29, 0.717) is 18.5 Å². The second-order valence-electron chi connectivity index (χ2n) is 5.64. The fraction of sp³-hybridized carbons (Fsp3) is 0.412. The molecule has 21 heavy (non-hydrogen) atoms. The van der Waals surface area contributed by atoms with Crippen molar-refractivity contribution in [2.75, 3.05) is 6.54 Å². The molecule has 2 aromatic rings. The van der Waals surface area contributed by atoms with Crippen molar-refractivity contribution in [3.8, 4) is 0 Å². The molecule has 114 valence electrons. The molecule has 2 nitrogen and oxygen atoms in total. The van der Waals surface area contributed by atoms with Crippen LogP contribution in [-0.2, 0) is 6.54 Å². The Balaban J connectivity index is 2.13. The van der Waals surface area contributed by atoms with Crippen LogP contribution < -0.4 is 5.32 Å². The van der Waals surface area contributed by atoms with Crippen molar-refractivity contribution < 1.29 is 4.39 Å². The summed E-state index contributed by atoms with van der Waals surface area (Å²) in [6.07, 6.45) is 4.20. The maximum absolute atomic E-state index is 13.2. The number of halogens is 2. The van der Waals surface area contributed by atoms with Crippen molar-refractivity contribution in [2.45, 2.75) is 33.4 Å². The van der Waals surface area contributed by atoms with Gasteiger partial charge in [0.15, 0.2) is 0 Å². The lowest BCUT2D eigenvalue weighted by atomic mass is 9.98. The van der Waals surface area contributed by atoms with Crippen molar-refractivity contribution in [1.29, 1.82) is 0 Å². The summed E-state index contributed by atoms with van der Waals surface area (Å²) in [4.78, 5) is 0. The molecule has 0 aliphatic rings. The molecule has 0 fully saturated rings. The van der Waals surface area contributed by atoms with Gasteiger partial charge in [-0.25, -0.2) is 4.39 Å². The van der Waals surface area contributed by atoms with E-state index in [9.17, 15) is 4.39 Å². The van der Waals surface area contributed by atoms with E-state index in [-0.39, 0.29) is 10.8 Å². The topological polar surface area (TPSA) is 17.0 Å². The zero-order chi connectivity index (χ0) is 15.4. The zero-order valence-corrected chi connectivity index (χ0v) is 13.5. The maximum Gasteiger partial charge on any atom is 0.141 e. The van der Waals surface area contributed by atoms with Crippen LogP contribution >= 0.6 is 11.6 Å². The minimum absolute atomic E-state index is 0.174. The predicted octanol–water partition coefficient (Wildman–Crippen LogP) is 4.64. The SMILES string of the molecule is CCNC(c1ccn(Cc2ccc(F)c(Cl)c2)c1)C(C)C. The number of hydrogen-bond donors (Lipinski definition) is 1. The molecule has 0 saturated carbocycles. The Labute approximate surface area is 130 Å². The standard InChI is InChI=1S/C17H22ClFN2/c1-4-20-17(12(2)3)14-7-8-21(11-14)10-13-5-6-16(19)15(18)9-13/h5-9,11-12,17,20H,4,10H2,1-3H3. The molecule has 1 unspecified atom stereocenters. The van der Waals surface area contributed by atoms with E-state index in [1.54, 1.807) is 12.1 Å². The van der Waals surface area contributed by atoms with Crippen molar-refractivity contribution in [3.05, 3.63) is 58.6 Å². The Morgan fingerprint density at radius 1 is 1.29 bits per heavy atom. The summed E-state index contributed by atoms with van der Waals surface area (Å²) in [5, 5.41) is 3.68. The third kappa shape index (κ3) is 4.08. The lowest BCUT2D eigenvalue weighted by Gasteiger charge is -2.20. The van der Waals surface area contributed by atoms with Gasteiger partial charge in [0.2, 0.25) is 0 Å². The van der Waals surface area contributed by atoms with Gasteiger partial charge in [-0.1, -0.05) is 38.4 Å². The first-order chi connectivity index (χ1) is 10.0. The summed E-state index contributed by atoms with van der Waals surface area (Å²) in [7, 11) is 0. The molecule has 1 aromatic heterocycles. The Kier molecular flexibility index (Phi) is 5.43. The van der Waals surface area contributed by atoms with E-state index in [1.165, 1.54) is 11.6 Å². The first-order valence-electron chi connectivity index (χ1n) is 7.34. The molecule has 0 spiro atoms. The van der Waals surface area contributed by atoms with Crippen LogP contribution in [0.1, 0.15) is 37.9 Å². The van der Waals surface area contributed by atoms with Crippen molar-refractivity contribution in [3.63, 3.8) is 0 Å². The van der Waals surface area contributed by atoms with E-state index < -0.39 is 0 Å². The zero-order valence-electron chi connectivity index (χ0n) is 12.7. The van der Waals surface area contributed by atoms with Gasteiger partial charge in [-0.05, 0) is 41.8 Å². The Bertz CT molecular complexity index is 592. The number of aromatic nitrogens is 1. The Hall–Kier alpha value is -1.32. The maximum atomic E-state index is 13.2. The predicted molar refractivity (Wildman–Crippen MR) is 86.2 cm³/mol. The third-order valence-electron chi connectivity index (χ3n) is 3.57. The molecule has 0 saturated heterocycles. The van der Waals surface area contributed by atoms with Crippen LogP contribution in [0.5, 0.6) is 0 Å². The summed E-state index contributed by atoms with van der Waals surface area (Å²) in [5.41, 5.74) is 2.27. The van der Waals surface area contributed by atoms with Crippen LogP contribution in [0.15, 0.2) is 36.7 Å². The van der Waals surface area contributed by atoms with Crippen LogP contribution in [0, 0.1) is 11.7 Å². The first kappa shape index (κ1) is 16.1. The number of benzene rings is 1. The van der Waals surface area contributed by atoms with Crippen LogP contribution in [0.3, 0.4) is 0 Å². The second-order valence-corrected chi connectivity index (χ2v) is 6.05. The van der Waals surface area contributed by atoms with Crippen molar-refractivity contribution >= 4 is 11.6 Å². The van der Waals surface area contributed by atoms with Gasteiger partial charge < -0.3 is 9.88 Å². The average Bonchev–Trinajstić information content (AvgIpc) is 2.88. The van der Waals surface area contributed by atoms with Crippen LogP contribution in [-0.4, -0.2) is 11.1 Å². The molecule has 0 bridgehead atoms. The molecular weight excluding hydrogens is 287 g/mol. The molecule has 0 aliphatic carbocycles. The van der Waals surface area contributed by atoms with Crippen molar-refractivity contribution in [2.24, 2.45) is 5.92 Å². The normalized spacial score (nSPS) is 12.9. The molecule has 1 aromatic carbocycles. The van der Waals surface area contributed by atoms with Crippen molar-refractivity contribution in [1.82, 2.24) is 9.88 Å². The lowest BCUT2D eigenvalue weighted by Crippen LogP contribution is -2.25. The Morgan fingerprint density at radius 2 is 2.05 bits per heavy atom. The largest absolute Gasteiger partial charge is 0.350 e. The highest BCUT2D eigenvalue weighted by molar-refractivity contribution is 6.30. The van der Waals surface area contributed by atoms with E-state index in [4.69, 9.17) is 11.6 Å². The highest BCUT2D eigenvalue weighted by atomic mass is 35.5. The van der Waals surface area contributed by atoms with Crippen LogP contribution in [0.2, 0.25) is 5.02 Å². The average molecular weight is 309 g/mol. The second kappa shape index (κ2) is 7.10. The number of nitrogens with zero attached hydrogens (tertiary/aromatic N) is 1. The van der Waals surface area contributed by atoms with Gasteiger partial charge in [-0.15, -0.1) is 0 Å². The summed E-state index contributed by atoms with van der Waals surface area (Å²) in [6.45, 7) is 8.18. The third-order valence-corrected chi connectivity index (χ3v) is 3.86. The molecule has 0 aliphatic heterocycles. The fourth-order valence-electron chi connectivity index (χ4n) is 2.55. The van der Waals surface area contributed by atoms with Gasteiger partial charge in [0.05, 0.1) is 5.02 Å². The number of rotatable bonds is 6. The molecule has 2 rings (SSSR count). The molecule has 0 radical (unpaired) electrons. The lowest BCUT2D eigenvalue weighted by molar-refractivity contribution is 0.421.